The van der Waals surface area contributed by atoms with Crippen LogP contribution in [0, 0.1) is 6.92 Å². The second kappa shape index (κ2) is 7.44. The van der Waals surface area contributed by atoms with Gasteiger partial charge in [0.25, 0.3) is 0 Å². The number of amides is 1. The van der Waals surface area contributed by atoms with Crippen molar-refractivity contribution in [2.75, 3.05) is 13.1 Å². The maximum absolute atomic E-state index is 11.1. The van der Waals surface area contributed by atoms with E-state index in [1.165, 1.54) is 55.0 Å². The Bertz CT molecular complexity index is 1340. The van der Waals surface area contributed by atoms with E-state index in [0.717, 1.165) is 50.8 Å². The van der Waals surface area contributed by atoms with Gasteiger partial charge in [-0.05, 0) is 67.6 Å². The average molecular weight is 448 g/mol. The van der Waals surface area contributed by atoms with E-state index < -0.39 is 0 Å². The van der Waals surface area contributed by atoms with E-state index in [0.29, 0.717) is 11.8 Å². The minimum atomic E-state index is 0.417. The number of hydrogen-bond donors (Lipinski definition) is 1. The smallest absolute Gasteiger partial charge is 0.209 e. The summed E-state index contributed by atoms with van der Waals surface area (Å²) in [4.78, 5) is 24.2. The summed E-state index contributed by atoms with van der Waals surface area (Å²) in [5.74, 6) is 0.969. The van der Waals surface area contributed by atoms with Gasteiger partial charge in [-0.3, -0.25) is 4.79 Å². The van der Waals surface area contributed by atoms with Gasteiger partial charge in [-0.2, -0.15) is 5.10 Å². The third-order valence-corrected chi connectivity index (χ3v) is 8.86. The summed E-state index contributed by atoms with van der Waals surface area (Å²) in [6.07, 6.45) is 10.3. The first-order valence-corrected chi connectivity index (χ1v) is 12.6. The van der Waals surface area contributed by atoms with Gasteiger partial charge in [0.2, 0.25) is 6.41 Å². The van der Waals surface area contributed by atoms with E-state index >= 15 is 0 Å². The summed E-state index contributed by atoms with van der Waals surface area (Å²) in [5.41, 5.74) is 9.25. The first kappa shape index (κ1) is 20.0. The van der Waals surface area contributed by atoms with E-state index in [1.54, 1.807) is 6.33 Å². The van der Waals surface area contributed by atoms with Gasteiger partial charge in [-0.25, -0.2) is 9.50 Å². The van der Waals surface area contributed by atoms with Gasteiger partial charge < -0.3 is 9.88 Å². The molecule has 1 N–H and O–H groups in total. The highest BCUT2D eigenvalue weighted by Crippen LogP contribution is 2.47. The first-order chi connectivity index (χ1) is 15.6. The first-order valence-electron chi connectivity index (χ1n) is 11.8. The van der Waals surface area contributed by atoms with Gasteiger partial charge in [0.15, 0.2) is 5.65 Å². The molecule has 1 aliphatic heterocycles. The van der Waals surface area contributed by atoms with Crippen LogP contribution in [0.3, 0.4) is 0 Å². The minimum Gasteiger partial charge on any atom is -0.346 e. The standard InChI is InChI=1S/C25H29N5OS/c1-14(2)20-21-15(3)23(16-7-9-29(13-31)10-8-16)32-25(21)28-22(20)19-11-30-24(26-12-27-30)18-6-4-5-17(18)19/h11-14,16,28H,4-10H2,1-3H3. The second-order valence-corrected chi connectivity index (χ2v) is 10.7. The van der Waals surface area contributed by atoms with E-state index in [2.05, 4.69) is 42.0 Å². The number of aromatic amines is 1. The van der Waals surface area contributed by atoms with Crippen molar-refractivity contribution in [2.45, 2.75) is 64.7 Å². The van der Waals surface area contributed by atoms with Crippen LogP contribution in [0.2, 0.25) is 0 Å². The lowest BCUT2D eigenvalue weighted by atomic mass is 9.90. The summed E-state index contributed by atoms with van der Waals surface area (Å²) in [6, 6.07) is 0. The predicted molar refractivity (Wildman–Crippen MR) is 129 cm³/mol. The maximum atomic E-state index is 11.1. The monoisotopic (exact) mass is 447 g/mol. The number of thiophene rings is 1. The summed E-state index contributed by atoms with van der Waals surface area (Å²) in [6.45, 7) is 8.64. The molecular weight excluding hydrogens is 418 g/mol. The molecule has 1 aliphatic carbocycles. The highest BCUT2D eigenvalue weighted by molar-refractivity contribution is 7.19. The fourth-order valence-electron chi connectivity index (χ4n) is 5.96. The molecule has 0 bridgehead atoms. The number of fused-ring (bicyclic) bond motifs is 4. The van der Waals surface area contributed by atoms with Crippen LogP contribution in [-0.4, -0.2) is 44.0 Å². The number of nitrogens with one attached hydrogen (secondary N) is 1. The van der Waals surface area contributed by atoms with Crippen LogP contribution in [0.25, 0.3) is 27.1 Å². The zero-order valence-corrected chi connectivity index (χ0v) is 19.8. The molecule has 6 nitrogen and oxygen atoms in total. The fraction of sp³-hybridized carbons (Fsp3) is 0.480. The molecule has 5 heterocycles. The zero-order chi connectivity index (χ0) is 22.0. The van der Waals surface area contributed by atoms with E-state index in [9.17, 15) is 4.79 Å². The second-order valence-electron chi connectivity index (χ2n) is 9.66. The number of piperidine rings is 1. The normalized spacial score (nSPS) is 17.2. The molecule has 7 heteroatoms. The van der Waals surface area contributed by atoms with Crippen molar-refractivity contribution in [2.24, 2.45) is 0 Å². The van der Waals surface area contributed by atoms with E-state index in [4.69, 9.17) is 0 Å². The molecule has 1 amide bonds. The number of aromatic nitrogens is 4. The highest BCUT2D eigenvalue weighted by atomic mass is 32.1. The molecule has 0 radical (unpaired) electrons. The third-order valence-electron chi connectivity index (χ3n) is 7.49. The molecule has 166 valence electrons. The van der Waals surface area contributed by atoms with Crippen LogP contribution < -0.4 is 0 Å². The average Bonchev–Trinajstić information content (AvgIpc) is 3.56. The summed E-state index contributed by atoms with van der Waals surface area (Å²) >= 11 is 1.93. The summed E-state index contributed by atoms with van der Waals surface area (Å²) < 4.78 is 1.96. The Morgan fingerprint density at radius 2 is 2.00 bits per heavy atom. The lowest BCUT2D eigenvalue weighted by molar-refractivity contribution is -0.119. The largest absolute Gasteiger partial charge is 0.346 e. The molecule has 0 spiro atoms. The molecule has 32 heavy (non-hydrogen) atoms. The fourth-order valence-corrected chi connectivity index (χ4v) is 7.36. The van der Waals surface area contributed by atoms with Gasteiger partial charge in [-0.15, -0.1) is 11.3 Å². The summed E-state index contributed by atoms with van der Waals surface area (Å²) in [7, 11) is 0. The van der Waals surface area contributed by atoms with Crippen molar-refractivity contribution < 1.29 is 4.79 Å². The molecule has 1 saturated heterocycles. The Kier molecular flexibility index (Phi) is 4.64. The van der Waals surface area contributed by atoms with Crippen molar-refractivity contribution in [3.05, 3.63) is 39.7 Å². The maximum Gasteiger partial charge on any atom is 0.209 e. The number of pyridine rings is 1. The lowest BCUT2D eigenvalue weighted by Gasteiger charge is -2.29. The molecule has 6 rings (SSSR count). The number of carbonyl (C=O) groups excluding carboxylic acids is 1. The third kappa shape index (κ3) is 2.86. The van der Waals surface area contributed by atoms with Gasteiger partial charge in [-0.1, -0.05) is 13.8 Å². The number of hydrogen-bond acceptors (Lipinski definition) is 4. The topological polar surface area (TPSA) is 66.3 Å². The molecule has 4 aromatic heterocycles. The van der Waals surface area contributed by atoms with Crippen LogP contribution in [0.5, 0.6) is 0 Å². The van der Waals surface area contributed by atoms with Crippen molar-refractivity contribution in [1.29, 1.82) is 0 Å². The van der Waals surface area contributed by atoms with E-state index in [-0.39, 0.29) is 0 Å². The van der Waals surface area contributed by atoms with Crippen LogP contribution >= 0.6 is 11.3 Å². The van der Waals surface area contributed by atoms with Crippen LogP contribution in [0.15, 0.2) is 12.5 Å². The predicted octanol–water partition coefficient (Wildman–Crippen LogP) is 5.20. The van der Waals surface area contributed by atoms with Gasteiger partial charge in [0.1, 0.15) is 11.2 Å². The molecule has 0 saturated carbocycles. The quantitative estimate of drug-likeness (QED) is 0.438. The Morgan fingerprint density at radius 1 is 1.22 bits per heavy atom. The number of rotatable bonds is 4. The number of aryl methyl sites for hydroxylation is 2. The van der Waals surface area contributed by atoms with Gasteiger partial charge >= 0.3 is 0 Å². The molecule has 4 aromatic rings. The molecule has 2 aliphatic rings. The Morgan fingerprint density at radius 3 is 2.75 bits per heavy atom. The Balaban J connectivity index is 1.51. The molecule has 0 atom stereocenters. The number of H-pyrrole nitrogens is 1. The van der Waals surface area contributed by atoms with Crippen molar-refractivity contribution >= 4 is 33.6 Å². The highest BCUT2D eigenvalue weighted by Gasteiger charge is 2.29. The van der Waals surface area contributed by atoms with Gasteiger partial charge in [0, 0.05) is 40.7 Å². The lowest BCUT2D eigenvalue weighted by Crippen LogP contribution is -2.31. The van der Waals surface area contributed by atoms with E-state index in [1.807, 2.05) is 20.8 Å². The van der Waals surface area contributed by atoms with Crippen LogP contribution in [0.1, 0.15) is 72.1 Å². The summed E-state index contributed by atoms with van der Waals surface area (Å²) in [5, 5.41) is 5.88. The molecule has 0 aromatic carbocycles. The molecular formula is C25H29N5OS. The molecule has 1 fully saturated rings. The minimum absolute atomic E-state index is 0.417. The van der Waals surface area contributed by atoms with Crippen molar-refractivity contribution in [1.82, 2.24) is 24.5 Å². The van der Waals surface area contributed by atoms with Crippen molar-refractivity contribution in [3.63, 3.8) is 0 Å². The van der Waals surface area contributed by atoms with Crippen molar-refractivity contribution in [3.8, 4) is 11.3 Å². The SMILES string of the molecule is Cc1c(C2CCN(C=O)CC2)sc2[nH]c(-c3cn4ncnc4c4c3CCC4)c(C(C)C)c12. The Hall–Kier alpha value is -2.67. The zero-order valence-electron chi connectivity index (χ0n) is 18.9. The molecule has 0 unspecified atom stereocenters. The Labute approximate surface area is 191 Å². The number of likely N-dealkylation sites (tertiary alicyclic amines) is 1. The van der Waals surface area contributed by atoms with Crippen LogP contribution in [0.4, 0.5) is 0 Å². The van der Waals surface area contributed by atoms with Crippen LogP contribution in [-0.2, 0) is 17.6 Å². The number of nitrogens with zero attached hydrogens (tertiary/aromatic N) is 4. The van der Waals surface area contributed by atoms with Gasteiger partial charge in [0.05, 0.1) is 5.69 Å². The number of carbonyl (C=O) groups is 1.